The van der Waals surface area contributed by atoms with Crippen LogP contribution in [0.25, 0.3) is 11.1 Å². The predicted molar refractivity (Wildman–Crippen MR) is 94.0 cm³/mol. The summed E-state index contributed by atoms with van der Waals surface area (Å²) in [7, 11) is 0. The van der Waals surface area contributed by atoms with E-state index >= 15 is 0 Å². The van der Waals surface area contributed by atoms with Crippen LogP contribution in [0.1, 0.15) is 23.0 Å². The smallest absolute Gasteiger partial charge is 0.342 e. The third-order valence-corrected chi connectivity index (χ3v) is 3.71. The summed E-state index contributed by atoms with van der Waals surface area (Å²) in [5, 5.41) is 2.70. The largest absolute Gasteiger partial charge is 0.462 e. The molecule has 2 aromatic heterocycles. The Bertz CT molecular complexity index is 1020. The van der Waals surface area contributed by atoms with Gasteiger partial charge in [0, 0.05) is 5.69 Å². The van der Waals surface area contributed by atoms with E-state index in [1.54, 1.807) is 38.1 Å². The number of carbonyl (C=O) groups is 2. The zero-order valence-corrected chi connectivity index (χ0v) is 14.3. The number of esters is 1. The summed E-state index contributed by atoms with van der Waals surface area (Å²) in [4.78, 5) is 41.1. The second-order valence-corrected chi connectivity index (χ2v) is 5.53. The lowest BCUT2D eigenvalue weighted by Gasteiger charge is -2.07. The van der Waals surface area contributed by atoms with Crippen LogP contribution in [0.2, 0.25) is 0 Å². The molecule has 0 aliphatic heterocycles. The predicted octanol–water partition coefficient (Wildman–Crippen LogP) is 2.11. The number of para-hydroxylation sites is 1. The molecular weight excluding hydrogens is 338 g/mol. The Labute approximate surface area is 148 Å². The molecule has 1 aromatic carbocycles. The van der Waals surface area contributed by atoms with Gasteiger partial charge in [-0.2, -0.15) is 0 Å². The van der Waals surface area contributed by atoms with Gasteiger partial charge in [0.05, 0.1) is 6.61 Å². The minimum atomic E-state index is -0.658. The number of aryl methyl sites for hydroxylation is 1. The van der Waals surface area contributed by atoms with Crippen LogP contribution in [0, 0.1) is 6.92 Å². The van der Waals surface area contributed by atoms with Gasteiger partial charge in [0.25, 0.3) is 5.56 Å². The lowest BCUT2D eigenvalue weighted by molar-refractivity contribution is -0.116. The van der Waals surface area contributed by atoms with E-state index < -0.39 is 17.4 Å². The van der Waals surface area contributed by atoms with Gasteiger partial charge in [-0.15, -0.1) is 0 Å². The van der Waals surface area contributed by atoms with Crippen molar-refractivity contribution < 1.29 is 18.7 Å². The Kier molecular flexibility index (Phi) is 4.83. The molecule has 0 spiro atoms. The topological polar surface area (TPSA) is 103 Å². The molecule has 1 amide bonds. The molecule has 0 saturated heterocycles. The van der Waals surface area contributed by atoms with E-state index in [1.165, 1.54) is 6.33 Å². The van der Waals surface area contributed by atoms with E-state index in [4.69, 9.17) is 9.15 Å². The highest BCUT2D eigenvalue weighted by atomic mass is 16.5. The summed E-state index contributed by atoms with van der Waals surface area (Å²) < 4.78 is 11.5. The number of nitrogens with one attached hydrogen (secondary N) is 1. The quantitative estimate of drug-likeness (QED) is 0.703. The summed E-state index contributed by atoms with van der Waals surface area (Å²) in [5.41, 5.74) is 0.150. The Morgan fingerprint density at radius 1 is 1.27 bits per heavy atom. The maximum absolute atomic E-state index is 12.7. The molecule has 0 aliphatic carbocycles. The van der Waals surface area contributed by atoms with Gasteiger partial charge in [0.2, 0.25) is 11.6 Å². The molecule has 0 fully saturated rings. The molecule has 0 saturated carbocycles. The highest BCUT2D eigenvalue weighted by Crippen LogP contribution is 2.21. The van der Waals surface area contributed by atoms with Crippen molar-refractivity contribution in [2.45, 2.75) is 20.4 Å². The zero-order chi connectivity index (χ0) is 18.7. The summed E-state index contributed by atoms with van der Waals surface area (Å²) >= 11 is 0. The lowest BCUT2D eigenvalue weighted by atomic mass is 10.2. The summed E-state index contributed by atoms with van der Waals surface area (Å²) in [6.07, 6.45) is 1.22. The van der Waals surface area contributed by atoms with E-state index in [9.17, 15) is 14.4 Å². The minimum absolute atomic E-state index is 0.0101. The standard InChI is InChI=1S/C18H17N3O5/c1-3-25-18(24)14-11(2)26-16-15(14)17(23)21(10-19-16)9-13(22)20-12-7-5-4-6-8-12/h4-8,10H,3,9H2,1-2H3,(H,20,22). The number of aromatic nitrogens is 2. The van der Waals surface area contributed by atoms with Crippen LogP contribution in [0.5, 0.6) is 0 Å². The van der Waals surface area contributed by atoms with Crippen molar-refractivity contribution in [3.8, 4) is 0 Å². The molecule has 0 radical (unpaired) electrons. The molecule has 8 heteroatoms. The Morgan fingerprint density at radius 3 is 2.69 bits per heavy atom. The lowest BCUT2D eigenvalue weighted by Crippen LogP contribution is -2.28. The van der Waals surface area contributed by atoms with E-state index in [1.807, 2.05) is 6.07 Å². The molecule has 2 heterocycles. The maximum atomic E-state index is 12.7. The molecule has 1 N–H and O–H groups in total. The first-order valence-electron chi connectivity index (χ1n) is 8.01. The van der Waals surface area contributed by atoms with Crippen LogP contribution in [0.4, 0.5) is 5.69 Å². The summed E-state index contributed by atoms with van der Waals surface area (Å²) in [5.74, 6) is -0.805. The van der Waals surface area contributed by atoms with Gasteiger partial charge < -0.3 is 14.5 Å². The molecule has 0 unspecified atom stereocenters. The zero-order valence-electron chi connectivity index (χ0n) is 14.3. The first-order valence-corrected chi connectivity index (χ1v) is 8.01. The number of ether oxygens (including phenoxy) is 1. The first kappa shape index (κ1) is 17.4. The third kappa shape index (κ3) is 3.34. The molecule has 0 bridgehead atoms. The van der Waals surface area contributed by atoms with Gasteiger partial charge in [-0.05, 0) is 26.0 Å². The Morgan fingerprint density at radius 2 is 2.00 bits per heavy atom. The second kappa shape index (κ2) is 7.22. The average molecular weight is 355 g/mol. The molecule has 134 valence electrons. The number of fused-ring (bicyclic) bond motifs is 1. The van der Waals surface area contributed by atoms with E-state index in [0.29, 0.717) is 5.69 Å². The maximum Gasteiger partial charge on any atom is 0.342 e. The van der Waals surface area contributed by atoms with Crippen LogP contribution in [-0.4, -0.2) is 28.0 Å². The highest BCUT2D eigenvalue weighted by molar-refractivity contribution is 6.03. The van der Waals surface area contributed by atoms with Gasteiger partial charge in [-0.3, -0.25) is 14.2 Å². The molecule has 0 atom stereocenters. The number of hydrogen-bond acceptors (Lipinski definition) is 6. The molecule has 3 rings (SSSR count). The van der Waals surface area contributed by atoms with Crippen molar-refractivity contribution in [2.24, 2.45) is 0 Å². The number of carbonyl (C=O) groups excluding carboxylic acids is 2. The summed E-state index contributed by atoms with van der Waals surface area (Å²) in [6.45, 7) is 3.14. The molecule has 0 aliphatic rings. The first-order chi connectivity index (χ1) is 12.5. The Hall–Kier alpha value is -3.42. The van der Waals surface area contributed by atoms with Crippen molar-refractivity contribution in [1.82, 2.24) is 9.55 Å². The number of nitrogens with zero attached hydrogens (tertiary/aromatic N) is 2. The SMILES string of the molecule is CCOC(=O)c1c(C)oc2ncn(CC(=O)Nc3ccccc3)c(=O)c12. The van der Waals surface area contributed by atoms with Crippen molar-refractivity contribution in [3.05, 3.63) is 58.3 Å². The van der Waals surface area contributed by atoms with Crippen LogP contribution in [-0.2, 0) is 16.1 Å². The number of anilines is 1. The number of furan rings is 1. The van der Waals surface area contributed by atoms with Crippen LogP contribution in [0.3, 0.4) is 0 Å². The van der Waals surface area contributed by atoms with E-state index in [-0.39, 0.29) is 35.6 Å². The van der Waals surface area contributed by atoms with Crippen molar-refractivity contribution in [3.63, 3.8) is 0 Å². The van der Waals surface area contributed by atoms with Crippen molar-refractivity contribution >= 4 is 28.7 Å². The minimum Gasteiger partial charge on any atom is -0.462 e. The number of amides is 1. The summed E-state index contributed by atoms with van der Waals surface area (Å²) in [6, 6.07) is 8.88. The van der Waals surface area contributed by atoms with Gasteiger partial charge in [0.15, 0.2) is 0 Å². The van der Waals surface area contributed by atoms with Crippen LogP contribution in [0.15, 0.2) is 45.9 Å². The van der Waals surface area contributed by atoms with Gasteiger partial charge in [0.1, 0.15) is 29.6 Å². The molecule has 3 aromatic rings. The fraction of sp³-hybridized carbons (Fsp3) is 0.222. The van der Waals surface area contributed by atoms with Crippen molar-refractivity contribution in [2.75, 3.05) is 11.9 Å². The fourth-order valence-corrected chi connectivity index (χ4v) is 2.58. The number of rotatable bonds is 5. The van der Waals surface area contributed by atoms with Crippen LogP contribution >= 0.6 is 0 Å². The molecule has 26 heavy (non-hydrogen) atoms. The second-order valence-electron chi connectivity index (χ2n) is 5.53. The van der Waals surface area contributed by atoms with Crippen LogP contribution < -0.4 is 10.9 Å². The number of hydrogen-bond donors (Lipinski definition) is 1. The highest BCUT2D eigenvalue weighted by Gasteiger charge is 2.24. The average Bonchev–Trinajstić information content (AvgIpc) is 2.95. The van der Waals surface area contributed by atoms with E-state index in [0.717, 1.165) is 4.57 Å². The molecule has 8 nitrogen and oxygen atoms in total. The number of benzene rings is 1. The third-order valence-electron chi connectivity index (χ3n) is 3.71. The van der Waals surface area contributed by atoms with Crippen molar-refractivity contribution in [1.29, 1.82) is 0 Å². The normalized spacial score (nSPS) is 10.7. The van der Waals surface area contributed by atoms with Gasteiger partial charge >= 0.3 is 5.97 Å². The molecular formula is C18H17N3O5. The van der Waals surface area contributed by atoms with Gasteiger partial charge in [-0.1, -0.05) is 18.2 Å². The van der Waals surface area contributed by atoms with E-state index in [2.05, 4.69) is 10.3 Å². The Balaban J connectivity index is 1.94. The van der Waals surface area contributed by atoms with Gasteiger partial charge in [-0.25, -0.2) is 9.78 Å². The monoisotopic (exact) mass is 355 g/mol. The fourth-order valence-electron chi connectivity index (χ4n) is 2.58.